The molecule has 0 N–H and O–H groups in total. The fourth-order valence-electron chi connectivity index (χ4n) is 2.38. The highest BCUT2D eigenvalue weighted by Crippen LogP contribution is 2.30. The van der Waals surface area contributed by atoms with Crippen LogP contribution < -0.4 is 4.74 Å². The number of aromatic nitrogens is 1. The zero-order chi connectivity index (χ0) is 17.7. The van der Waals surface area contributed by atoms with E-state index in [1.807, 2.05) is 23.9 Å². The monoisotopic (exact) mass is 343 g/mol. The number of nitrogens with zero attached hydrogens (tertiary/aromatic N) is 1. The first-order chi connectivity index (χ1) is 11.3. The standard InChI is InChI=1S/C21H29NOS/c1-15(2)18-8-7-9-20(22-18)23-13-21(5,6)14-24-19-11-10-16(3)12-17(19)4/h7-12,15H,13-14H2,1-6H3. The van der Waals surface area contributed by atoms with E-state index in [2.05, 4.69) is 70.8 Å². The molecule has 0 amide bonds. The van der Waals surface area contributed by atoms with Crippen LogP contribution >= 0.6 is 11.8 Å². The van der Waals surface area contributed by atoms with Crippen molar-refractivity contribution < 1.29 is 4.74 Å². The molecule has 0 saturated carbocycles. The topological polar surface area (TPSA) is 22.1 Å². The van der Waals surface area contributed by atoms with E-state index in [1.165, 1.54) is 16.0 Å². The molecule has 130 valence electrons. The molecule has 0 bridgehead atoms. The van der Waals surface area contributed by atoms with Gasteiger partial charge in [-0.3, -0.25) is 0 Å². The van der Waals surface area contributed by atoms with Crippen LogP contribution in [0, 0.1) is 19.3 Å². The van der Waals surface area contributed by atoms with E-state index >= 15 is 0 Å². The minimum absolute atomic E-state index is 0.0809. The molecule has 2 aromatic rings. The van der Waals surface area contributed by atoms with Gasteiger partial charge in [-0.1, -0.05) is 51.5 Å². The summed E-state index contributed by atoms with van der Waals surface area (Å²) in [7, 11) is 0. The van der Waals surface area contributed by atoms with E-state index in [-0.39, 0.29) is 5.41 Å². The lowest BCUT2D eigenvalue weighted by atomic mass is 9.98. The van der Waals surface area contributed by atoms with Gasteiger partial charge in [-0.15, -0.1) is 11.8 Å². The Hall–Kier alpha value is -1.48. The number of aryl methyl sites for hydroxylation is 2. The maximum atomic E-state index is 5.97. The number of benzene rings is 1. The molecule has 0 aliphatic heterocycles. The number of hydrogen-bond acceptors (Lipinski definition) is 3. The Labute approximate surface area is 151 Å². The van der Waals surface area contributed by atoms with E-state index in [4.69, 9.17) is 4.74 Å². The van der Waals surface area contributed by atoms with Crippen molar-refractivity contribution in [2.75, 3.05) is 12.4 Å². The fourth-order valence-corrected chi connectivity index (χ4v) is 3.46. The summed E-state index contributed by atoms with van der Waals surface area (Å²) in [5, 5.41) is 0. The van der Waals surface area contributed by atoms with Gasteiger partial charge >= 0.3 is 0 Å². The average molecular weight is 344 g/mol. The van der Waals surface area contributed by atoms with Gasteiger partial charge in [-0.25, -0.2) is 4.98 Å². The molecule has 1 heterocycles. The third-order valence-electron chi connectivity index (χ3n) is 3.90. The second-order valence-corrected chi connectivity index (χ2v) is 8.58. The normalized spacial score (nSPS) is 11.8. The Morgan fingerprint density at radius 3 is 2.54 bits per heavy atom. The Balaban J connectivity index is 1.92. The maximum absolute atomic E-state index is 5.97. The predicted octanol–water partition coefficient (Wildman–Crippen LogP) is 6.02. The van der Waals surface area contributed by atoms with Gasteiger partial charge in [0.25, 0.3) is 0 Å². The number of pyridine rings is 1. The molecule has 0 saturated heterocycles. The lowest BCUT2D eigenvalue weighted by molar-refractivity contribution is 0.195. The Morgan fingerprint density at radius 1 is 1.12 bits per heavy atom. The van der Waals surface area contributed by atoms with Gasteiger partial charge < -0.3 is 4.74 Å². The lowest BCUT2D eigenvalue weighted by Gasteiger charge is -2.24. The molecule has 0 aliphatic rings. The molecular weight excluding hydrogens is 314 g/mol. The van der Waals surface area contributed by atoms with Crippen LogP contribution in [-0.4, -0.2) is 17.3 Å². The van der Waals surface area contributed by atoms with E-state index in [9.17, 15) is 0 Å². The van der Waals surface area contributed by atoms with E-state index in [0.717, 1.165) is 17.3 Å². The van der Waals surface area contributed by atoms with E-state index in [1.54, 1.807) is 0 Å². The zero-order valence-corrected chi connectivity index (χ0v) is 16.5. The Morgan fingerprint density at radius 2 is 1.88 bits per heavy atom. The highest BCUT2D eigenvalue weighted by atomic mass is 32.2. The second-order valence-electron chi connectivity index (χ2n) is 7.57. The van der Waals surface area contributed by atoms with E-state index < -0.39 is 0 Å². The summed E-state index contributed by atoms with van der Waals surface area (Å²) in [4.78, 5) is 5.94. The maximum Gasteiger partial charge on any atom is 0.213 e. The largest absolute Gasteiger partial charge is 0.477 e. The first-order valence-electron chi connectivity index (χ1n) is 8.57. The van der Waals surface area contributed by atoms with E-state index in [0.29, 0.717) is 12.5 Å². The van der Waals surface area contributed by atoms with Gasteiger partial charge in [0.1, 0.15) is 0 Å². The van der Waals surface area contributed by atoms with Crippen LogP contribution in [0.25, 0.3) is 0 Å². The summed E-state index contributed by atoms with van der Waals surface area (Å²) in [5.74, 6) is 2.16. The number of hydrogen-bond donors (Lipinski definition) is 0. The summed E-state index contributed by atoms with van der Waals surface area (Å²) >= 11 is 1.91. The van der Waals surface area contributed by atoms with Crippen LogP contribution in [0.15, 0.2) is 41.3 Å². The van der Waals surface area contributed by atoms with Crippen LogP contribution in [0.1, 0.15) is 50.4 Å². The molecule has 0 aliphatic carbocycles. The second kappa shape index (κ2) is 8.06. The minimum atomic E-state index is 0.0809. The molecule has 3 heteroatoms. The van der Waals surface area contributed by atoms with Crippen molar-refractivity contribution >= 4 is 11.8 Å². The number of thioether (sulfide) groups is 1. The molecule has 0 fully saturated rings. The Kier molecular flexibility index (Phi) is 6.34. The summed E-state index contributed by atoms with van der Waals surface area (Å²) in [5.41, 5.74) is 3.82. The molecule has 1 aromatic carbocycles. The highest BCUT2D eigenvalue weighted by molar-refractivity contribution is 7.99. The van der Waals surface area contributed by atoms with Crippen molar-refractivity contribution in [3.8, 4) is 5.88 Å². The van der Waals surface area contributed by atoms with Crippen LogP contribution in [0.2, 0.25) is 0 Å². The minimum Gasteiger partial charge on any atom is -0.477 e. The molecule has 2 nitrogen and oxygen atoms in total. The quantitative estimate of drug-likeness (QED) is 0.574. The molecule has 1 aromatic heterocycles. The zero-order valence-electron chi connectivity index (χ0n) is 15.7. The van der Waals surface area contributed by atoms with Crippen LogP contribution in [0.5, 0.6) is 5.88 Å². The van der Waals surface area contributed by atoms with Crippen molar-refractivity contribution in [2.24, 2.45) is 5.41 Å². The van der Waals surface area contributed by atoms with Crippen LogP contribution in [0.3, 0.4) is 0 Å². The Bertz CT molecular complexity index is 679. The predicted molar refractivity (Wildman–Crippen MR) is 104 cm³/mol. The molecule has 0 radical (unpaired) electrons. The average Bonchev–Trinajstić information content (AvgIpc) is 2.52. The highest BCUT2D eigenvalue weighted by Gasteiger charge is 2.20. The summed E-state index contributed by atoms with van der Waals surface area (Å²) in [6.45, 7) is 13.8. The molecule has 2 rings (SSSR count). The lowest BCUT2D eigenvalue weighted by Crippen LogP contribution is -2.24. The van der Waals surface area contributed by atoms with Gasteiger partial charge in [0.05, 0.1) is 6.61 Å². The van der Waals surface area contributed by atoms with Gasteiger partial charge in [0.15, 0.2) is 0 Å². The SMILES string of the molecule is Cc1ccc(SCC(C)(C)COc2cccc(C(C)C)n2)c(C)c1. The third kappa shape index (κ3) is 5.55. The summed E-state index contributed by atoms with van der Waals surface area (Å²) in [6.07, 6.45) is 0. The summed E-state index contributed by atoms with van der Waals surface area (Å²) in [6, 6.07) is 12.7. The summed E-state index contributed by atoms with van der Waals surface area (Å²) < 4.78 is 5.97. The number of rotatable bonds is 7. The van der Waals surface area contributed by atoms with Crippen molar-refractivity contribution in [2.45, 2.75) is 52.4 Å². The first-order valence-corrected chi connectivity index (χ1v) is 9.55. The number of ether oxygens (including phenoxy) is 1. The molecule has 0 atom stereocenters. The van der Waals surface area contributed by atoms with Crippen molar-refractivity contribution in [1.29, 1.82) is 0 Å². The van der Waals surface area contributed by atoms with Gasteiger partial charge in [0, 0.05) is 27.8 Å². The molecule has 0 spiro atoms. The molecule has 24 heavy (non-hydrogen) atoms. The van der Waals surface area contributed by atoms with Crippen LogP contribution in [-0.2, 0) is 0 Å². The molecule has 0 unspecified atom stereocenters. The third-order valence-corrected chi connectivity index (χ3v) is 5.59. The van der Waals surface area contributed by atoms with Gasteiger partial charge in [-0.2, -0.15) is 0 Å². The molecular formula is C21H29NOS. The van der Waals surface area contributed by atoms with Crippen molar-refractivity contribution in [3.63, 3.8) is 0 Å². The van der Waals surface area contributed by atoms with Gasteiger partial charge in [0.2, 0.25) is 5.88 Å². The van der Waals surface area contributed by atoms with Crippen molar-refractivity contribution in [3.05, 3.63) is 53.2 Å². The smallest absolute Gasteiger partial charge is 0.213 e. The van der Waals surface area contributed by atoms with Crippen molar-refractivity contribution in [1.82, 2.24) is 4.98 Å². The van der Waals surface area contributed by atoms with Gasteiger partial charge in [-0.05, 0) is 37.5 Å². The first kappa shape index (κ1) is 18.9. The fraction of sp³-hybridized carbons (Fsp3) is 0.476. The van der Waals surface area contributed by atoms with Crippen LogP contribution in [0.4, 0.5) is 0 Å².